The van der Waals surface area contributed by atoms with Gasteiger partial charge in [0.2, 0.25) is 5.91 Å². The molecule has 0 saturated carbocycles. The van der Waals surface area contributed by atoms with E-state index < -0.39 is 0 Å². The Morgan fingerprint density at radius 1 is 0.842 bits per heavy atom. The molecule has 2 aromatic carbocycles. The molecule has 0 atom stereocenters. The summed E-state index contributed by atoms with van der Waals surface area (Å²) in [5, 5.41) is 3.11. The largest absolute Gasteiger partial charge is 0.349 e. The fourth-order valence-corrected chi connectivity index (χ4v) is 2.83. The predicted octanol–water partition coefficient (Wildman–Crippen LogP) is 2.73. The molecule has 0 spiro atoms. The Balaban J connectivity index is 1.78. The minimum absolute atomic E-state index is 0.0974. The minimum atomic E-state index is -0.0974. The highest BCUT2D eigenvalue weighted by atomic mass is 16.2. The van der Waals surface area contributed by atoms with E-state index in [1.807, 2.05) is 36.4 Å². The van der Waals surface area contributed by atoms with Crippen molar-refractivity contribution in [3.05, 3.63) is 71.8 Å². The summed E-state index contributed by atoms with van der Waals surface area (Å²) in [6.07, 6.45) is 2.42. The molecular weight excluding hydrogens is 234 g/mol. The molecule has 2 nitrogen and oxygen atoms in total. The number of hydrogen-bond acceptors (Lipinski definition) is 1. The molecule has 1 saturated heterocycles. The zero-order valence-corrected chi connectivity index (χ0v) is 10.8. The van der Waals surface area contributed by atoms with Crippen LogP contribution in [0.25, 0.3) is 0 Å². The number of β-lactam (4-membered cyclic amide) rings is 1. The third-order valence-corrected chi connectivity index (χ3v) is 3.67. The molecule has 1 fully saturated rings. The Labute approximate surface area is 113 Å². The lowest BCUT2D eigenvalue weighted by Crippen LogP contribution is -2.63. The fourth-order valence-electron chi connectivity index (χ4n) is 2.83. The van der Waals surface area contributed by atoms with Crippen molar-refractivity contribution in [2.75, 3.05) is 0 Å². The van der Waals surface area contributed by atoms with E-state index in [2.05, 4.69) is 29.6 Å². The molecular formula is C17H17NO. The first-order chi connectivity index (χ1) is 9.26. The van der Waals surface area contributed by atoms with Crippen LogP contribution >= 0.6 is 0 Å². The van der Waals surface area contributed by atoms with Crippen LogP contribution < -0.4 is 5.32 Å². The van der Waals surface area contributed by atoms with Gasteiger partial charge in [-0.15, -0.1) is 0 Å². The first-order valence-electron chi connectivity index (χ1n) is 6.65. The highest BCUT2D eigenvalue weighted by molar-refractivity contribution is 5.85. The SMILES string of the molecule is O=C1CC(Cc2ccccc2)(Cc2ccccc2)N1. The Morgan fingerprint density at radius 3 is 1.63 bits per heavy atom. The number of carbonyl (C=O) groups excluding carboxylic acids is 1. The van der Waals surface area contributed by atoms with Crippen molar-refractivity contribution in [1.29, 1.82) is 0 Å². The normalized spacial score (nSPS) is 16.5. The number of amides is 1. The van der Waals surface area contributed by atoms with Crippen molar-refractivity contribution in [2.24, 2.45) is 0 Å². The third kappa shape index (κ3) is 2.68. The molecule has 1 aliphatic heterocycles. The van der Waals surface area contributed by atoms with E-state index in [9.17, 15) is 4.79 Å². The quantitative estimate of drug-likeness (QED) is 0.832. The molecule has 2 heteroatoms. The molecule has 0 unspecified atom stereocenters. The summed E-state index contributed by atoms with van der Waals surface area (Å²) < 4.78 is 0. The van der Waals surface area contributed by atoms with Crippen LogP contribution in [-0.4, -0.2) is 11.4 Å². The van der Waals surface area contributed by atoms with Gasteiger partial charge in [0.15, 0.2) is 0 Å². The summed E-state index contributed by atoms with van der Waals surface area (Å²) in [5.74, 6) is 0.159. The van der Waals surface area contributed by atoms with Crippen molar-refractivity contribution < 1.29 is 4.79 Å². The van der Waals surface area contributed by atoms with Gasteiger partial charge in [0.25, 0.3) is 0 Å². The van der Waals surface area contributed by atoms with Crippen LogP contribution in [0, 0.1) is 0 Å². The molecule has 1 heterocycles. The Morgan fingerprint density at radius 2 is 1.26 bits per heavy atom. The monoisotopic (exact) mass is 251 g/mol. The second kappa shape index (κ2) is 4.88. The highest BCUT2D eigenvalue weighted by Crippen LogP contribution is 2.29. The van der Waals surface area contributed by atoms with Crippen molar-refractivity contribution in [2.45, 2.75) is 24.8 Å². The molecule has 1 amide bonds. The number of rotatable bonds is 4. The van der Waals surface area contributed by atoms with Crippen LogP contribution in [0.2, 0.25) is 0 Å². The molecule has 96 valence electrons. The lowest BCUT2D eigenvalue weighted by Gasteiger charge is -2.43. The van der Waals surface area contributed by atoms with Gasteiger partial charge in [0, 0.05) is 0 Å². The zero-order valence-electron chi connectivity index (χ0n) is 10.8. The van der Waals surface area contributed by atoms with Gasteiger partial charge < -0.3 is 5.32 Å². The number of nitrogens with one attached hydrogen (secondary N) is 1. The zero-order chi connectivity index (χ0) is 13.1. The predicted molar refractivity (Wildman–Crippen MR) is 75.8 cm³/mol. The summed E-state index contributed by atoms with van der Waals surface area (Å²) in [7, 11) is 0. The maximum absolute atomic E-state index is 11.4. The maximum atomic E-state index is 11.4. The smallest absolute Gasteiger partial charge is 0.222 e. The second-order valence-electron chi connectivity index (χ2n) is 5.33. The standard InChI is InChI=1S/C17H17NO/c19-16-13-17(18-16,11-14-7-3-1-4-8-14)12-15-9-5-2-6-10-15/h1-10H,11-13H2,(H,18,19). The third-order valence-electron chi connectivity index (χ3n) is 3.67. The van der Waals surface area contributed by atoms with Crippen molar-refractivity contribution >= 4 is 5.91 Å². The van der Waals surface area contributed by atoms with Crippen LogP contribution in [0.15, 0.2) is 60.7 Å². The lowest BCUT2D eigenvalue weighted by atomic mass is 9.76. The maximum Gasteiger partial charge on any atom is 0.222 e. The molecule has 3 rings (SSSR count). The fraction of sp³-hybridized carbons (Fsp3) is 0.235. The molecule has 1 aliphatic rings. The van der Waals surface area contributed by atoms with Gasteiger partial charge in [-0.2, -0.15) is 0 Å². The molecule has 2 aromatic rings. The van der Waals surface area contributed by atoms with Crippen LogP contribution in [0.4, 0.5) is 0 Å². The van der Waals surface area contributed by atoms with E-state index in [4.69, 9.17) is 0 Å². The molecule has 0 aromatic heterocycles. The number of benzene rings is 2. The van der Waals surface area contributed by atoms with Gasteiger partial charge in [-0.25, -0.2) is 0 Å². The van der Waals surface area contributed by atoms with Crippen LogP contribution in [0.3, 0.4) is 0 Å². The van der Waals surface area contributed by atoms with E-state index in [1.54, 1.807) is 0 Å². The van der Waals surface area contributed by atoms with Crippen molar-refractivity contribution in [3.8, 4) is 0 Å². The van der Waals surface area contributed by atoms with E-state index in [1.165, 1.54) is 11.1 Å². The van der Waals surface area contributed by atoms with E-state index in [0.717, 1.165) is 12.8 Å². The van der Waals surface area contributed by atoms with Crippen molar-refractivity contribution in [3.63, 3.8) is 0 Å². The summed E-state index contributed by atoms with van der Waals surface area (Å²) in [6, 6.07) is 20.7. The molecule has 0 radical (unpaired) electrons. The van der Waals surface area contributed by atoms with Gasteiger partial charge in [-0.05, 0) is 24.0 Å². The second-order valence-corrected chi connectivity index (χ2v) is 5.33. The Bertz CT molecular complexity index is 511. The summed E-state index contributed by atoms with van der Waals surface area (Å²) in [4.78, 5) is 11.4. The van der Waals surface area contributed by atoms with Crippen LogP contribution in [0.5, 0.6) is 0 Å². The molecule has 0 bridgehead atoms. The molecule has 0 aliphatic carbocycles. The molecule has 19 heavy (non-hydrogen) atoms. The number of hydrogen-bond donors (Lipinski definition) is 1. The van der Waals surface area contributed by atoms with E-state index in [-0.39, 0.29) is 11.4 Å². The van der Waals surface area contributed by atoms with Crippen molar-refractivity contribution in [1.82, 2.24) is 5.32 Å². The van der Waals surface area contributed by atoms with Gasteiger partial charge in [0.1, 0.15) is 0 Å². The summed E-state index contributed by atoms with van der Waals surface area (Å²) in [5.41, 5.74) is 2.46. The number of carbonyl (C=O) groups is 1. The van der Waals surface area contributed by atoms with Gasteiger partial charge in [-0.1, -0.05) is 60.7 Å². The van der Waals surface area contributed by atoms with Gasteiger partial charge in [0.05, 0.1) is 12.0 Å². The van der Waals surface area contributed by atoms with E-state index in [0.29, 0.717) is 6.42 Å². The topological polar surface area (TPSA) is 29.1 Å². The van der Waals surface area contributed by atoms with Gasteiger partial charge >= 0.3 is 0 Å². The lowest BCUT2D eigenvalue weighted by molar-refractivity contribution is -0.132. The Hall–Kier alpha value is -2.09. The average Bonchev–Trinajstić information content (AvgIpc) is 2.39. The minimum Gasteiger partial charge on any atom is -0.349 e. The first kappa shape index (κ1) is 12.0. The Kier molecular flexibility index (Phi) is 3.08. The van der Waals surface area contributed by atoms with Crippen LogP contribution in [0.1, 0.15) is 17.5 Å². The molecule has 1 N–H and O–H groups in total. The summed E-state index contributed by atoms with van der Waals surface area (Å²) >= 11 is 0. The van der Waals surface area contributed by atoms with Crippen LogP contribution in [-0.2, 0) is 17.6 Å². The van der Waals surface area contributed by atoms with E-state index >= 15 is 0 Å². The first-order valence-corrected chi connectivity index (χ1v) is 6.65. The highest BCUT2D eigenvalue weighted by Gasteiger charge is 2.42. The average molecular weight is 251 g/mol. The van der Waals surface area contributed by atoms with Gasteiger partial charge in [-0.3, -0.25) is 4.79 Å². The summed E-state index contributed by atoms with van der Waals surface area (Å²) in [6.45, 7) is 0.